The maximum Gasteiger partial charge on any atom is 0.250 e. The Bertz CT molecular complexity index is 830. The SMILES string of the molecule is COc1ccccc1N1CCN(C(=O)COCC(=O)Nc2ccc(C)cc2)CC1. The largest absolute Gasteiger partial charge is 0.495 e. The molecule has 1 aliphatic heterocycles. The maximum absolute atomic E-state index is 12.4. The lowest BCUT2D eigenvalue weighted by Gasteiger charge is -2.36. The van der Waals surface area contributed by atoms with Crippen molar-refractivity contribution < 1.29 is 19.1 Å². The van der Waals surface area contributed by atoms with Crippen molar-refractivity contribution >= 4 is 23.2 Å². The average Bonchev–Trinajstić information content (AvgIpc) is 2.75. The lowest BCUT2D eigenvalue weighted by atomic mass is 10.2. The molecule has 2 aromatic rings. The maximum atomic E-state index is 12.4. The van der Waals surface area contributed by atoms with Gasteiger partial charge in [0.25, 0.3) is 0 Å². The van der Waals surface area contributed by atoms with Crippen molar-refractivity contribution in [1.82, 2.24) is 4.90 Å². The van der Waals surface area contributed by atoms with Crippen LogP contribution in [-0.2, 0) is 14.3 Å². The van der Waals surface area contributed by atoms with Crippen molar-refractivity contribution in [2.24, 2.45) is 0 Å². The van der Waals surface area contributed by atoms with E-state index in [0.717, 1.165) is 30.1 Å². The second-order valence-electron chi connectivity index (χ2n) is 6.95. The number of carbonyl (C=O) groups excluding carboxylic acids is 2. The summed E-state index contributed by atoms with van der Waals surface area (Å²) >= 11 is 0. The molecule has 0 atom stereocenters. The van der Waals surface area contributed by atoms with E-state index in [4.69, 9.17) is 9.47 Å². The van der Waals surface area contributed by atoms with E-state index in [0.29, 0.717) is 18.8 Å². The van der Waals surface area contributed by atoms with Crippen molar-refractivity contribution in [1.29, 1.82) is 0 Å². The fourth-order valence-corrected chi connectivity index (χ4v) is 3.24. The Balaban J connectivity index is 1.39. The highest BCUT2D eigenvalue weighted by Crippen LogP contribution is 2.28. The summed E-state index contributed by atoms with van der Waals surface area (Å²) in [6.07, 6.45) is 0. The number of piperazine rings is 1. The molecule has 0 spiro atoms. The second-order valence-corrected chi connectivity index (χ2v) is 6.95. The summed E-state index contributed by atoms with van der Waals surface area (Å²) in [6.45, 7) is 4.39. The summed E-state index contributed by atoms with van der Waals surface area (Å²) < 4.78 is 10.7. The van der Waals surface area contributed by atoms with Crippen LogP contribution in [0.1, 0.15) is 5.56 Å². The normalized spacial score (nSPS) is 13.9. The lowest BCUT2D eigenvalue weighted by Crippen LogP contribution is -2.50. The number of methoxy groups -OCH3 is 1. The van der Waals surface area contributed by atoms with Crippen LogP contribution in [0.2, 0.25) is 0 Å². The van der Waals surface area contributed by atoms with Crippen LogP contribution in [0.3, 0.4) is 0 Å². The van der Waals surface area contributed by atoms with E-state index in [1.54, 1.807) is 12.0 Å². The smallest absolute Gasteiger partial charge is 0.250 e. The first-order valence-corrected chi connectivity index (χ1v) is 9.67. The molecule has 0 saturated carbocycles. The van der Waals surface area contributed by atoms with Gasteiger partial charge in [0.2, 0.25) is 11.8 Å². The topological polar surface area (TPSA) is 71.1 Å². The Labute approximate surface area is 171 Å². The molecule has 154 valence electrons. The summed E-state index contributed by atoms with van der Waals surface area (Å²) in [7, 11) is 1.66. The fraction of sp³-hybridized carbons (Fsp3) is 0.364. The van der Waals surface area contributed by atoms with Crippen molar-refractivity contribution in [3.05, 3.63) is 54.1 Å². The van der Waals surface area contributed by atoms with Crippen LogP contribution in [-0.4, -0.2) is 63.2 Å². The number of rotatable bonds is 7. The predicted molar refractivity (Wildman–Crippen MR) is 112 cm³/mol. The fourth-order valence-electron chi connectivity index (χ4n) is 3.24. The van der Waals surface area contributed by atoms with Gasteiger partial charge in [0.05, 0.1) is 12.8 Å². The average molecular weight is 397 g/mol. The summed E-state index contributed by atoms with van der Waals surface area (Å²) in [6, 6.07) is 15.4. The van der Waals surface area contributed by atoms with Gasteiger partial charge in [-0.1, -0.05) is 29.8 Å². The number of nitrogens with zero attached hydrogens (tertiary/aromatic N) is 2. The highest BCUT2D eigenvalue weighted by Gasteiger charge is 2.23. The van der Waals surface area contributed by atoms with Gasteiger partial charge in [-0.3, -0.25) is 9.59 Å². The Morgan fingerprint density at radius 2 is 1.66 bits per heavy atom. The zero-order chi connectivity index (χ0) is 20.6. The third-order valence-corrected chi connectivity index (χ3v) is 4.85. The molecule has 1 N–H and O–H groups in total. The second kappa shape index (κ2) is 9.93. The quantitative estimate of drug-likeness (QED) is 0.776. The molecule has 0 bridgehead atoms. The zero-order valence-electron chi connectivity index (χ0n) is 16.9. The Kier molecular flexibility index (Phi) is 7.08. The van der Waals surface area contributed by atoms with E-state index in [1.165, 1.54) is 0 Å². The van der Waals surface area contributed by atoms with Gasteiger partial charge < -0.3 is 24.6 Å². The summed E-state index contributed by atoms with van der Waals surface area (Å²) in [5.41, 5.74) is 2.87. The number of ether oxygens (including phenoxy) is 2. The number of para-hydroxylation sites is 2. The van der Waals surface area contributed by atoms with Crippen LogP contribution in [0.4, 0.5) is 11.4 Å². The van der Waals surface area contributed by atoms with E-state index < -0.39 is 0 Å². The number of anilines is 2. The van der Waals surface area contributed by atoms with E-state index >= 15 is 0 Å². The first-order valence-electron chi connectivity index (χ1n) is 9.67. The number of benzene rings is 2. The number of carbonyl (C=O) groups is 2. The molecule has 7 nitrogen and oxygen atoms in total. The number of hydrogen-bond donors (Lipinski definition) is 1. The molecular formula is C22H27N3O4. The number of hydrogen-bond acceptors (Lipinski definition) is 5. The molecule has 29 heavy (non-hydrogen) atoms. The molecule has 1 aliphatic rings. The molecule has 1 heterocycles. The van der Waals surface area contributed by atoms with Crippen LogP contribution in [0.25, 0.3) is 0 Å². The van der Waals surface area contributed by atoms with Gasteiger partial charge in [0, 0.05) is 31.9 Å². The molecule has 0 aromatic heterocycles. The highest BCUT2D eigenvalue weighted by molar-refractivity contribution is 5.91. The van der Waals surface area contributed by atoms with Crippen molar-refractivity contribution in [3.63, 3.8) is 0 Å². The standard InChI is InChI=1S/C22H27N3O4/c1-17-7-9-18(10-8-17)23-21(26)15-29-16-22(27)25-13-11-24(12-14-25)19-5-3-4-6-20(19)28-2/h3-10H,11-16H2,1-2H3,(H,23,26). The number of amides is 2. The lowest BCUT2D eigenvalue weighted by molar-refractivity contribution is -0.137. The summed E-state index contributed by atoms with van der Waals surface area (Å²) in [5, 5.41) is 2.75. The molecule has 2 amide bonds. The summed E-state index contributed by atoms with van der Waals surface area (Å²) in [4.78, 5) is 28.3. The van der Waals surface area contributed by atoms with E-state index in [-0.39, 0.29) is 25.0 Å². The molecule has 7 heteroatoms. The third-order valence-electron chi connectivity index (χ3n) is 4.85. The third kappa shape index (κ3) is 5.71. The zero-order valence-corrected chi connectivity index (χ0v) is 16.9. The van der Waals surface area contributed by atoms with Crippen LogP contribution in [0, 0.1) is 6.92 Å². The first kappa shape index (κ1) is 20.7. The van der Waals surface area contributed by atoms with Crippen molar-refractivity contribution in [3.8, 4) is 5.75 Å². The van der Waals surface area contributed by atoms with Crippen LogP contribution in [0.5, 0.6) is 5.75 Å². The van der Waals surface area contributed by atoms with Gasteiger partial charge in [-0.05, 0) is 31.2 Å². The minimum absolute atomic E-state index is 0.101. The van der Waals surface area contributed by atoms with Gasteiger partial charge in [0.1, 0.15) is 19.0 Å². The van der Waals surface area contributed by atoms with Gasteiger partial charge >= 0.3 is 0 Å². The summed E-state index contributed by atoms with van der Waals surface area (Å²) in [5.74, 6) is 0.450. The Morgan fingerprint density at radius 1 is 0.966 bits per heavy atom. The molecule has 0 radical (unpaired) electrons. The molecule has 0 aliphatic carbocycles. The minimum atomic E-state index is -0.275. The van der Waals surface area contributed by atoms with Gasteiger partial charge in [-0.2, -0.15) is 0 Å². The molecular weight excluding hydrogens is 370 g/mol. The van der Waals surface area contributed by atoms with Crippen LogP contribution in [0.15, 0.2) is 48.5 Å². The molecule has 0 unspecified atom stereocenters. The highest BCUT2D eigenvalue weighted by atomic mass is 16.5. The predicted octanol–water partition coefficient (Wildman–Crippen LogP) is 2.31. The van der Waals surface area contributed by atoms with Crippen molar-refractivity contribution in [2.75, 3.05) is 56.7 Å². The molecule has 2 aromatic carbocycles. The van der Waals surface area contributed by atoms with Gasteiger partial charge in [-0.25, -0.2) is 0 Å². The van der Waals surface area contributed by atoms with E-state index in [1.807, 2.05) is 55.5 Å². The Morgan fingerprint density at radius 3 is 2.34 bits per heavy atom. The van der Waals surface area contributed by atoms with E-state index in [2.05, 4.69) is 10.2 Å². The first-order chi connectivity index (χ1) is 14.1. The number of nitrogens with one attached hydrogen (secondary N) is 1. The van der Waals surface area contributed by atoms with Crippen molar-refractivity contribution in [2.45, 2.75) is 6.92 Å². The minimum Gasteiger partial charge on any atom is -0.495 e. The van der Waals surface area contributed by atoms with Gasteiger partial charge in [-0.15, -0.1) is 0 Å². The molecule has 3 rings (SSSR count). The number of aryl methyl sites for hydroxylation is 1. The molecule has 1 saturated heterocycles. The van der Waals surface area contributed by atoms with Crippen LogP contribution < -0.4 is 15.0 Å². The van der Waals surface area contributed by atoms with E-state index in [9.17, 15) is 9.59 Å². The monoisotopic (exact) mass is 397 g/mol. The van der Waals surface area contributed by atoms with Crippen LogP contribution >= 0.6 is 0 Å². The Hall–Kier alpha value is -3.06. The van der Waals surface area contributed by atoms with Gasteiger partial charge in [0.15, 0.2) is 0 Å². The molecule has 1 fully saturated rings.